The van der Waals surface area contributed by atoms with E-state index < -0.39 is 0 Å². The average molecular weight is 296 g/mol. The molecule has 1 atom stereocenters. The molecular weight excluding hydrogens is 278 g/mol. The lowest BCUT2D eigenvalue weighted by Gasteiger charge is -2.14. The van der Waals surface area contributed by atoms with E-state index in [2.05, 4.69) is 0 Å². The number of ether oxygens (including phenoxy) is 1. The van der Waals surface area contributed by atoms with Gasteiger partial charge in [0.15, 0.2) is 0 Å². The van der Waals surface area contributed by atoms with Crippen molar-refractivity contribution in [1.29, 1.82) is 0 Å². The summed E-state index contributed by atoms with van der Waals surface area (Å²) in [6.07, 6.45) is 0.963. The molecule has 0 saturated heterocycles. The van der Waals surface area contributed by atoms with Crippen molar-refractivity contribution in [1.82, 2.24) is 0 Å². The topological polar surface area (TPSA) is 35.2 Å². The highest BCUT2D eigenvalue weighted by molar-refractivity contribution is 7.16. The van der Waals surface area contributed by atoms with Crippen LogP contribution in [-0.4, -0.2) is 6.10 Å². The maximum Gasteiger partial charge on any atom is 0.120 e. The van der Waals surface area contributed by atoms with Crippen LogP contribution in [0.3, 0.4) is 0 Å². The Kier molecular flexibility index (Phi) is 4.86. The van der Waals surface area contributed by atoms with Gasteiger partial charge >= 0.3 is 0 Å². The molecule has 0 fully saturated rings. The van der Waals surface area contributed by atoms with Crippen LogP contribution in [0.2, 0.25) is 4.34 Å². The molecule has 0 radical (unpaired) electrons. The molecule has 0 aliphatic carbocycles. The maximum atomic E-state index is 6.24. The Bertz CT molecular complexity index is 538. The summed E-state index contributed by atoms with van der Waals surface area (Å²) in [7, 11) is 0. The van der Waals surface area contributed by atoms with Crippen molar-refractivity contribution in [3.8, 4) is 5.75 Å². The number of hydrogen-bond acceptors (Lipinski definition) is 3. The highest BCUT2D eigenvalue weighted by Gasteiger charge is 2.10. The molecule has 1 unspecified atom stereocenters. The fraction of sp³-hybridized carbons (Fsp3) is 0.333. The van der Waals surface area contributed by atoms with E-state index in [4.69, 9.17) is 22.1 Å². The van der Waals surface area contributed by atoms with Crippen LogP contribution in [0, 0.1) is 0 Å². The van der Waals surface area contributed by atoms with Gasteiger partial charge in [0.05, 0.1) is 10.4 Å². The second-order valence-electron chi connectivity index (χ2n) is 4.76. The van der Waals surface area contributed by atoms with Crippen LogP contribution in [0.1, 0.15) is 30.3 Å². The van der Waals surface area contributed by atoms with Crippen molar-refractivity contribution in [3.05, 3.63) is 51.2 Å². The molecule has 2 rings (SSSR count). The molecule has 0 aliphatic rings. The van der Waals surface area contributed by atoms with Crippen molar-refractivity contribution >= 4 is 22.9 Å². The molecule has 2 aromatic rings. The molecule has 19 heavy (non-hydrogen) atoms. The van der Waals surface area contributed by atoms with Gasteiger partial charge in [-0.15, -0.1) is 11.3 Å². The highest BCUT2D eigenvalue weighted by atomic mass is 35.5. The minimum absolute atomic E-state index is 0.0366. The fourth-order valence-corrected chi connectivity index (χ4v) is 3.03. The smallest absolute Gasteiger partial charge is 0.120 e. The summed E-state index contributed by atoms with van der Waals surface area (Å²) in [6, 6.07) is 11.9. The molecule has 0 saturated carbocycles. The number of hydrogen-bond donors (Lipinski definition) is 1. The first kappa shape index (κ1) is 14.4. The van der Waals surface area contributed by atoms with Gasteiger partial charge in [-0.3, -0.25) is 0 Å². The van der Waals surface area contributed by atoms with Gasteiger partial charge in [-0.1, -0.05) is 23.7 Å². The summed E-state index contributed by atoms with van der Waals surface area (Å²) in [4.78, 5) is 1.20. The largest absolute Gasteiger partial charge is 0.491 e. The third-order valence-electron chi connectivity index (χ3n) is 2.71. The van der Waals surface area contributed by atoms with E-state index in [9.17, 15) is 0 Å². The van der Waals surface area contributed by atoms with Crippen LogP contribution >= 0.6 is 22.9 Å². The Morgan fingerprint density at radius 3 is 2.68 bits per heavy atom. The lowest BCUT2D eigenvalue weighted by atomic mass is 10.0. The minimum Gasteiger partial charge on any atom is -0.491 e. The summed E-state index contributed by atoms with van der Waals surface area (Å²) < 4.78 is 6.49. The van der Waals surface area contributed by atoms with Crippen molar-refractivity contribution in [2.75, 3.05) is 0 Å². The molecule has 102 valence electrons. The lowest BCUT2D eigenvalue weighted by Crippen LogP contribution is -2.13. The van der Waals surface area contributed by atoms with E-state index in [1.54, 1.807) is 11.3 Å². The van der Waals surface area contributed by atoms with E-state index >= 15 is 0 Å². The number of benzene rings is 1. The van der Waals surface area contributed by atoms with Gasteiger partial charge in [0.1, 0.15) is 5.75 Å². The van der Waals surface area contributed by atoms with Crippen LogP contribution in [0.4, 0.5) is 0 Å². The number of rotatable bonds is 5. The Labute approximate surface area is 123 Å². The first-order chi connectivity index (χ1) is 9.04. The Balaban J connectivity index is 2.08. The normalized spacial score (nSPS) is 12.7. The molecule has 0 aliphatic heterocycles. The highest BCUT2D eigenvalue weighted by Crippen LogP contribution is 2.27. The van der Waals surface area contributed by atoms with Crippen LogP contribution in [0.25, 0.3) is 0 Å². The number of thiophene rings is 1. The molecule has 0 bridgehead atoms. The number of halogens is 1. The van der Waals surface area contributed by atoms with Crippen molar-refractivity contribution in [2.24, 2.45) is 5.73 Å². The predicted molar refractivity (Wildman–Crippen MR) is 82.2 cm³/mol. The first-order valence-electron chi connectivity index (χ1n) is 6.31. The van der Waals surface area contributed by atoms with Crippen molar-refractivity contribution in [2.45, 2.75) is 32.4 Å². The summed E-state index contributed by atoms with van der Waals surface area (Å²) in [6.45, 7) is 4.03. The Morgan fingerprint density at radius 1 is 1.26 bits per heavy atom. The van der Waals surface area contributed by atoms with E-state index in [0.29, 0.717) is 0 Å². The molecule has 1 heterocycles. The third-order valence-corrected chi connectivity index (χ3v) is 3.96. The summed E-state index contributed by atoms with van der Waals surface area (Å²) in [5.74, 6) is 0.868. The van der Waals surface area contributed by atoms with Crippen molar-refractivity contribution < 1.29 is 4.74 Å². The Hall–Kier alpha value is -1.03. The fourth-order valence-electron chi connectivity index (χ4n) is 1.89. The van der Waals surface area contributed by atoms with Gasteiger partial charge in [-0.25, -0.2) is 0 Å². The summed E-state index contributed by atoms with van der Waals surface area (Å²) in [5.41, 5.74) is 7.33. The quantitative estimate of drug-likeness (QED) is 0.885. The van der Waals surface area contributed by atoms with Crippen LogP contribution in [0.15, 0.2) is 36.4 Å². The lowest BCUT2D eigenvalue weighted by molar-refractivity contribution is 0.242. The molecule has 1 aromatic heterocycles. The van der Waals surface area contributed by atoms with Crippen LogP contribution in [0.5, 0.6) is 5.75 Å². The van der Waals surface area contributed by atoms with Gasteiger partial charge in [0.25, 0.3) is 0 Å². The number of nitrogens with two attached hydrogens (primary N) is 1. The summed E-state index contributed by atoms with van der Waals surface area (Å²) in [5, 5.41) is 0. The second kappa shape index (κ2) is 6.42. The molecular formula is C15H18ClNOS. The molecule has 0 amide bonds. The average Bonchev–Trinajstić information content (AvgIpc) is 2.74. The zero-order valence-electron chi connectivity index (χ0n) is 11.1. The van der Waals surface area contributed by atoms with Crippen molar-refractivity contribution in [3.63, 3.8) is 0 Å². The van der Waals surface area contributed by atoms with E-state index in [0.717, 1.165) is 22.1 Å². The van der Waals surface area contributed by atoms with E-state index in [1.807, 2.05) is 50.2 Å². The Morgan fingerprint density at radius 2 is 2.05 bits per heavy atom. The standard InChI is InChI=1S/C15H18ClNOS/c1-10(2)18-12-5-3-4-11(8-12)14(17)9-13-6-7-15(16)19-13/h3-8,10,14H,9,17H2,1-2H3. The van der Waals surface area contributed by atoms with Gasteiger partial charge in [0, 0.05) is 17.3 Å². The zero-order chi connectivity index (χ0) is 13.8. The van der Waals surface area contributed by atoms with Gasteiger partial charge in [-0.2, -0.15) is 0 Å². The maximum absolute atomic E-state index is 6.24. The van der Waals surface area contributed by atoms with Crippen LogP contribution < -0.4 is 10.5 Å². The third kappa shape index (κ3) is 4.23. The van der Waals surface area contributed by atoms with E-state index in [-0.39, 0.29) is 12.1 Å². The molecule has 4 heteroatoms. The second-order valence-corrected chi connectivity index (χ2v) is 6.56. The zero-order valence-corrected chi connectivity index (χ0v) is 12.7. The predicted octanol–water partition coefficient (Wildman–Crippen LogP) is 4.43. The van der Waals surface area contributed by atoms with Gasteiger partial charge in [-0.05, 0) is 43.7 Å². The first-order valence-corrected chi connectivity index (χ1v) is 7.50. The molecule has 2 N–H and O–H groups in total. The van der Waals surface area contributed by atoms with Gasteiger partial charge < -0.3 is 10.5 Å². The van der Waals surface area contributed by atoms with E-state index in [1.165, 1.54) is 4.88 Å². The molecule has 1 aromatic carbocycles. The minimum atomic E-state index is -0.0366. The van der Waals surface area contributed by atoms with Gasteiger partial charge in [0.2, 0.25) is 0 Å². The van der Waals surface area contributed by atoms with Crippen LogP contribution in [-0.2, 0) is 6.42 Å². The monoisotopic (exact) mass is 295 g/mol. The molecule has 0 spiro atoms. The molecule has 2 nitrogen and oxygen atoms in total. The SMILES string of the molecule is CC(C)Oc1cccc(C(N)Cc2ccc(Cl)s2)c1. The summed E-state index contributed by atoms with van der Waals surface area (Å²) >= 11 is 7.51.